The second-order valence-corrected chi connectivity index (χ2v) is 4.97. The normalized spacial score (nSPS) is 15.3. The fourth-order valence-electron chi connectivity index (χ4n) is 2.44. The highest BCUT2D eigenvalue weighted by Crippen LogP contribution is 2.19. The highest BCUT2D eigenvalue weighted by atomic mass is 16.4. The van der Waals surface area contributed by atoms with E-state index in [1.807, 2.05) is 0 Å². The van der Waals surface area contributed by atoms with Gasteiger partial charge >= 0.3 is 5.97 Å². The summed E-state index contributed by atoms with van der Waals surface area (Å²) >= 11 is 0. The highest BCUT2D eigenvalue weighted by molar-refractivity contribution is 5.88. The molecule has 5 heteroatoms. The van der Waals surface area contributed by atoms with Crippen LogP contribution in [0.25, 0.3) is 0 Å². The monoisotopic (exact) mass is 263 g/mol. The van der Waals surface area contributed by atoms with Gasteiger partial charge in [0.2, 0.25) is 0 Å². The zero-order valence-electron chi connectivity index (χ0n) is 11.4. The van der Waals surface area contributed by atoms with E-state index in [9.17, 15) is 4.79 Å². The third-order valence-electron chi connectivity index (χ3n) is 3.59. The maximum Gasteiger partial charge on any atom is 0.339 e. The van der Waals surface area contributed by atoms with E-state index in [4.69, 9.17) is 5.11 Å². The van der Waals surface area contributed by atoms with Crippen molar-refractivity contribution in [3.63, 3.8) is 0 Å². The third-order valence-corrected chi connectivity index (χ3v) is 3.59. The Labute approximate surface area is 113 Å². The quantitative estimate of drug-likeness (QED) is 0.609. The summed E-state index contributed by atoms with van der Waals surface area (Å²) in [6.45, 7) is 1.43. The van der Waals surface area contributed by atoms with E-state index in [1.54, 1.807) is 11.7 Å². The number of rotatable bonds is 6. The molecular formula is C14H21N3O2. The van der Waals surface area contributed by atoms with E-state index in [1.165, 1.54) is 37.5 Å². The number of aromatic carboxylic acids is 1. The molecule has 0 saturated heterocycles. The van der Waals surface area contributed by atoms with Crippen molar-refractivity contribution < 1.29 is 9.90 Å². The van der Waals surface area contributed by atoms with Gasteiger partial charge in [-0.25, -0.2) is 4.79 Å². The molecule has 0 fully saturated rings. The van der Waals surface area contributed by atoms with E-state index in [0.717, 1.165) is 18.7 Å². The Hall–Kier alpha value is -1.62. The number of hydrogen-bond donors (Lipinski definition) is 2. The zero-order chi connectivity index (χ0) is 13.7. The number of nitrogens with one attached hydrogen (secondary N) is 1. The summed E-state index contributed by atoms with van der Waals surface area (Å²) in [5.41, 5.74) is 2.54. The number of hydrogen-bond acceptors (Lipinski definition) is 3. The van der Waals surface area contributed by atoms with Crippen molar-refractivity contribution in [2.24, 2.45) is 7.05 Å². The maximum absolute atomic E-state index is 11.0. The van der Waals surface area contributed by atoms with Gasteiger partial charge in [-0.2, -0.15) is 5.10 Å². The van der Waals surface area contributed by atoms with Gasteiger partial charge in [0.05, 0.1) is 11.9 Å². The molecule has 104 valence electrons. The summed E-state index contributed by atoms with van der Waals surface area (Å²) in [5, 5.41) is 16.3. The summed E-state index contributed by atoms with van der Waals surface area (Å²) in [6.07, 6.45) is 9.85. The fraction of sp³-hybridized carbons (Fsp3) is 0.571. The van der Waals surface area contributed by atoms with E-state index >= 15 is 0 Å². The van der Waals surface area contributed by atoms with E-state index in [2.05, 4.69) is 16.5 Å². The molecular weight excluding hydrogens is 242 g/mol. The molecule has 2 rings (SSSR count). The molecule has 0 spiro atoms. The molecule has 19 heavy (non-hydrogen) atoms. The van der Waals surface area contributed by atoms with Crippen LogP contribution < -0.4 is 5.32 Å². The van der Waals surface area contributed by atoms with Gasteiger partial charge in [0.15, 0.2) is 0 Å². The smallest absolute Gasteiger partial charge is 0.339 e. The van der Waals surface area contributed by atoms with E-state index in [-0.39, 0.29) is 5.56 Å². The van der Waals surface area contributed by atoms with Crippen molar-refractivity contribution in [3.05, 3.63) is 29.1 Å². The van der Waals surface area contributed by atoms with Gasteiger partial charge in [-0.15, -0.1) is 0 Å². The minimum Gasteiger partial charge on any atom is -0.478 e. The highest BCUT2D eigenvalue weighted by Gasteiger charge is 2.14. The van der Waals surface area contributed by atoms with Crippen LogP contribution in [0.4, 0.5) is 0 Å². The summed E-state index contributed by atoms with van der Waals surface area (Å²) in [4.78, 5) is 11.0. The Kier molecular flexibility index (Phi) is 4.74. The Bertz CT molecular complexity index is 477. The molecule has 0 atom stereocenters. The molecule has 1 aliphatic rings. The summed E-state index contributed by atoms with van der Waals surface area (Å²) in [6, 6.07) is 0. The Morgan fingerprint density at radius 3 is 3.05 bits per heavy atom. The van der Waals surface area contributed by atoms with Crippen molar-refractivity contribution >= 4 is 5.97 Å². The summed E-state index contributed by atoms with van der Waals surface area (Å²) < 4.78 is 1.62. The molecule has 0 aliphatic heterocycles. The van der Waals surface area contributed by atoms with Gasteiger partial charge in [0.1, 0.15) is 5.56 Å². The van der Waals surface area contributed by atoms with Crippen LogP contribution in [0.5, 0.6) is 0 Å². The first-order chi connectivity index (χ1) is 9.18. The molecule has 1 aromatic heterocycles. The lowest BCUT2D eigenvalue weighted by molar-refractivity contribution is 0.0695. The van der Waals surface area contributed by atoms with Crippen LogP contribution in [0.3, 0.4) is 0 Å². The van der Waals surface area contributed by atoms with Gasteiger partial charge < -0.3 is 10.4 Å². The molecule has 0 unspecified atom stereocenters. The second kappa shape index (κ2) is 6.52. The predicted molar refractivity (Wildman–Crippen MR) is 73.0 cm³/mol. The molecule has 5 nitrogen and oxygen atoms in total. The van der Waals surface area contributed by atoms with E-state index < -0.39 is 5.97 Å². The number of nitrogens with zero attached hydrogens (tertiary/aromatic N) is 2. The first-order valence-corrected chi connectivity index (χ1v) is 6.81. The molecule has 2 N–H and O–H groups in total. The summed E-state index contributed by atoms with van der Waals surface area (Å²) in [7, 11) is 1.77. The van der Waals surface area contributed by atoms with Crippen LogP contribution in [0.15, 0.2) is 17.8 Å². The third kappa shape index (κ3) is 3.67. The Balaban J connectivity index is 1.81. The van der Waals surface area contributed by atoms with Crippen LogP contribution in [-0.2, 0) is 13.6 Å². The SMILES string of the molecule is Cn1ncc(C(=O)O)c1CNCCC1=CCCCC1. The van der Waals surface area contributed by atoms with Crippen molar-refractivity contribution in [2.45, 2.75) is 38.6 Å². The van der Waals surface area contributed by atoms with Gasteiger partial charge in [0.25, 0.3) is 0 Å². The molecule has 0 radical (unpaired) electrons. The van der Waals surface area contributed by atoms with Crippen LogP contribution in [0, 0.1) is 0 Å². The van der Waals surface area contributed by atoms with Crippen molar-refractivity contribution in [1.29, 1.82) is 0 Å². The van der Waals surface area contributed by atoms with E-state index in [0.29, 0.717) is 6.54 Å². The number of aromatic nitrogens is 2. The van der Waals surface area contributed by atoms with Crippen LogP contribution in [0.2, 0.25) is 0 Å². The standard InChI is InChI=1S/C14H21N3O2/c1-17-13(12(9-16-17)14(18)19)10-15-8-7-11-5-3-2-4-6-11/h5,9,15H,2-4,6-8,10H2,1H3,(H,18,19). The minimum atomic E-state index is -0.917. The largest absolute Gasteiger partial charge is 0.478 e. The average Bonchev–Trinajstić information content (AvgIpc) is 2.77. The average molecular weight is 263 g/mol. The fourth-order valence-corrected chi connectivity index (χ4v) is 2.44. The van der Waals surface area contributed by atoms with Gasteiger partial charge in [0, 0.05) is 13.6 Å². The topological polar surface area (TPSA) is 67.2 Å². The van der Waals surface area contributed by atoms with Crippen molar-refractivity contribution in [1.82, 2.24) is 15.1 Å². The molecule has 0 bridgehead atoms. The Morgan fingerprint density at radius 2 is 2.37 bits per heavy atom. The lowest BCUT2D eigenvalue weighted by atomic mass is 9.97. The van der Waals surface area contributed by atoms with Crippen molar-refractivity contribution in [2.75, 3.05) is 6.54 Å². The van der Waals surface area contributed by atoms with Crippen LogP contribution >= 0.6 is 0 Å². The number of allylic oxidation sites excluding steroid dienone is 1. The van der Waals surface area contributed by atoms with Crippen LogP contribution in [0.1, 0.15) is 48.2 Å². The van der Waals surface area contributed by atoms with Crippen molar-refractivity contribution in [3.8, 4) is 0 Å². The molecule has 0 amide bonds. The Morgan fingerprint density at radius 1 is 1.53 bits per heavy atom. The van der Waals surface area contributed by atoms with Gasteiger partial charge in [-0.1, -0.05) is 11.6 Å². The van der Waals surface area contributed by atoms with Gasteiger partial charge in [-0.05, 0) is 38.6 Å². The minimum absolute atomic E-state index is 0.284. The maximum atomic E-state index is 11.0. The summed E-state index contributed by atoms with van der Waals surface area (Å²) in [5.74, 6) is -0.917. The molecule has 1 aliphatic carbocycles. The first-order valence-electron chi connectivity index (χ1n) is 6.81. The second-order valence-electron chi connectivity index (χ2n) is 4.97. The molecule has 0 saturated carbocycles. The lowest BCUT2D eigenvalue weighted by Gasteiger charge is -2.13. The number of carboxylic acid groups (broad SMARTS) is 1. The first kappa shape index (κ1) is 13.8. The molecule has 1 aromatic rings. The predicted octanol–water partition coefficient (Wildman–Crippen LogP) is 2.10. The zero-order valence-corrected chi connectivity index (χ0v) is 11.4. The van der Waals surface area contributed by atoms with Gasteiger partial charge in [-0.3, -0.25) is 4.68 Å². The molecule has 0 aromatic carbocycles. The number of aryl methyl sites for hydroxylation is 1. The number of carboxylic acids is 1. The number of carbonyl (C=O) groups is 1. The molecule has 1 heterocycles. The lowest BCUT2D eigenvalue weighted by Crippen LogP contribution is -2.19. The van der Waals surface area contributed by atoms with Crippen LogP contribution in [-0.4, -0.2) is 27.4 Å².